The number of carbonyl (C=O) groups excluding carboxylic acids is 1. The van der Waals surface area contributed by atoms with E-state index in [1.807, 2.05) is 31.2 Å². The van der Waals surface area contributed by atoms with Gasteiger partial charge in [0, 0.05) is 12.3 Å². The first kappa shape index (κ1) is 14.2. The van der Waals surface area contributed by atoms with Crippen molar-refractivity contribution in [2.75, 3.05) is 11.9 Å². The minimum atomic E-state index is -0.605. The summed E-state index contributed by atoms with van der Waals surface area (Å²) in [5.74, 6) is -0.870. The Morgan fingerprint density at radius 1 is 1.56 bits per heavy atom. The summed E-state index contributed by atoms with van der Waals surface area (Å²) in [5.41, 5.74) is 1.76. The van der Waals surface area contributed by atoms with Gasteiger partial charge in [-0.3, -0.25) is 4.79 Å². The minimum Gasteiger partial charge on any atom is -0.396 e. The molecule has 0 radical (unpaired) electrons. The van der Waals surface area contributed by atoms with Gasteiger partial charge in [-0.05, 0) is 37.0 Å². The zero-order valence-electron chi connectivity index (χ0n) is 10.5. The number of nitrogens with one attached hydrogen (secondary N) is 1. The molecule has 1 atom stereocenters. The molecule has 2 N–H and O–H groups in total. The van der Waals surface area contributed by atoms with Crippen LogP contribution in [0, 0.1) is 17.2 Å². The van der Waals surface area contributed by atoms with E-state index in [9.17, 15) is 4.79 Å². The van der Waals surface area contributed by atoms with Crippen molar-refractivity contribution in [2.45, 2.75) is 26.2 Å². The lowest BCUT2D eigenvalue weighted by atomic mass is 10.1. The lowest BCUT2D eigenvalue weighted by Gasteiger charge is -2.09. The Labute approximate surface area is 107 Å². The maximum Gasteiger partial charge on any atom is 0.241 e. The maximum atomic E-state index is 11.7. The van der Waals surface area contributed by atoms with E-state index in [2.05, 4.69) is 5.32 Å². The Hall–Kier alpha value is -1.86. The van der Waals surface area contributed by atoms with E-state index in [0.717, 1.165) is 12.0 Å². The number of amides is 1. The SMILES string of the molecule is CCC(C#N)C(=O)Nc1cccc(CCCO)c1. The summed E-state index contributed by atoms with van der Waals surface area (Å²) >= 11 is 0. The first-order valence-electron chi connectivity index (χ1n) is 6.11. The van der Waals surface area contributed by atoms with Gasteiger partial charge < -0.3 is 10.4 Å². The van der Waals surface area contributed by atoms with E-state index < -0.39 is 5.92 Å². The quantitative estimate of drug-likeness (QED) is 0.807. The van der Waals surface area contributed by atoms with Crippen LogP contribution in [0.3, 0.4) is 0 Å². The highest BCUT2D eigenvalue weighted by molar-refractivity contribution is 5.94. The van der Waals surface area contributed by atoms with Crippen LogP contribution in [0.1, 0.15) is 25.3 Å². The highest BCUT2D eigenvalue weighted by Crippen LogP contribution is 2.14. The average molecular weight is 246 g/mol. The summed E-state index contributed by atoms with van der Waals surface area (Å²) in [4.78, 5) is 11.7. The molecule has 0 aliphatic heterocycles. The molecule has 0 bridgehead atoms. The van der Waals surface area contributed by atoms with Crippen molar-refractivity contribution in [3.63, 3.8) is 0 Å². The van der Waals surface area contributed by atoms with E-state index in [-0.39, 0.29) is 12.5 Å². The number of aliphatic hydroxyl groups excluding tert-OH is 1. The van der Waals surface area contributed by atoms with Crippen LogP contribution in [-0.2, 0) is 11.2 Å². The number of carbonyl (C=O) groups is 1. The molecule has 0 saturated carbocycles. The lowest BCUT2D eigenvalue weighted by Crippen LogP contribution is -2.20. The van der Waals surface area contributed by atoms with Gasteiger partial charge in [0.05, 0.1) is 6.07 Å². The predicted octanol–water partition coefficient (Wildman–Crippen LogP) is 2.10. The topological polar surface area (TPSA) is 73.1 Å². The van der Waals surface area contributed by atoms with Crippen LogP contribution < -0.4 is 5.32 Å². The Balaban J connectivity index is 2.67. The Morgan fingerprint density at radius 2 is 2.33 bits per heavy atom. The van der Waals surface area contributed by atoms with Crippen LogP contribution in [0.2, 0.25) is 0 Å². The first-order chi connectivity index (χ1) is 8.71. The Morgan fingerprint density at radius 3 is 2.94 bits per heavy atom. The number of aryl methyl sites for hydroxylation is 1. The van der Waals surface area contributed by atoms with Gasteiger partial charge in [0.25, 0.3) is 0 Å². The molecule has 96 valence electrons. The van der Waals surface area contributed by atoms with Crippen LogP contribution >= 0.6 is 0 Å². The van der Waals surface area contributed by atoms with Crippen molar-refractivity contribution in [2.24, 2.45) is 5.92 Å². The van der Waals surface area contributed by atoms with Gasteiger partial charge in [-0.15, -0.1) is 0 Å². The molecule has 0 heterocycles. The second-order valence-electron chi connectivity index (χ2n) is 4.11. The molecule has 18 heavy (non-hydrogen) atoms. The number of benzene rings is 1. The lowest BCUT2D eigenvalue weighted by molar-refractivity contribution is -0.118. The van der Waals surface area contributed by atoms with Crippen molar-refractivity contribution in [3.8, 4) is 6.07 Å². The number of anilines is 1. The molecule has 0 aliphatic carbocycles. The van der Waals surface area contributed by atoms with Crippen LogP contribution in [-0.4, -0.2) is 17.6 Å². The van der Waals surface area contributed by atoms with Gasteiger partial charge in [0.15, 0.2) is 0 Å². The van der Waals surface area contributed by atoms with Crippen molar-refractivity contribution in [1.29, 1.82) is 5.26 Å². The van der Waals surface area contributed by atoms with Gasteiger partial charge in [-0.1, -0.05) is 19.1 Å². The highest BCUT2D eigenvalue weighted by atomic mass is 16.2. The van der Waals surface area contributed by atoms with Gasteiger partial charge >= 0.3 is 0 Å². The number of aliphatic hydroxyl groups is 1. The van der Waals surface area contributed by atoms with E-state index in [1.54, 1.807) is 6.07 Å². The molecular weight excluding hydrogens is 228 g/mol. The third-order valence-electron chi connectivity index (χ3n) is 2.70. The average Bonchev–Trinajstić information content (AvgIpc) is 2.38. The summed E-state index contributed by atoms with van der Waals surface area (Å²) in [5, 5.41) is 20.3. The molecule has 1 aromatic rings. The predicted molar refractivity (Wildman–Crippen MR) is 69.9 cm³/mol. The molecule has 0 fully saturated rings. The zero-order valence-corrected chi connectivity index (χ0v) is 10.5. The molecule has 0 aromatic heterocycles. The largest absolute Gasteiger partial charge is 0.396 e. The number of nitrogens with zero attached hydrogens (tertiary/aromatic N) is 1. The van der Waals surface area contributed by atoms with Gasteiger partial charge in [-0.2, -0.15) is 5.26 Å². The summed E-state index contributed by atoms with van der Waals surface area (Å²) in [6, 6.07) is 9.45. The van der Waals surface area contributed by atoms with E-state index >= 15 is 0 Å². The van der Waals surface area contributed by atoms with Gasteiger partial charge in [0.2, 0.25) is 5.91 Å². The fourth-order valence-electron chi connectivity index (χ4n) is 1.65. The van der Waals surface area contributed by atoms with E-state index in [1.165, 1.54) is 0 Å². The van der Waals surface area contributed by atoms with Crippen LogP contribution in [0.15, 0.2) is 24.3 Å². The summed E-state index contributed by atoms with van der Waals surface area (Å²) in [6.07, 6.45) is 1.98. The summed E-state index contributed by atoms with van der Waals surface area (Å²) in [7, 11) is 0. The maximum absolute atomic E-state index is 11.7. The zero-order chi connectivity index (χ0) is 13.4. The molecule has 0 aliphatic rings. The first-order valence-corrected chi connectivity index (χ1v) is 6.11. The number of nitriles is 1. The molecule has 1 rings (SSSR count). The van der Waals surface area contributed by atoms with Crippen molar-refractivity contribution in [3.05, 3.63) is 29.8 Å². The molecule has 4 nitrogen and oxygen atoms in total. The minimum absolute atomic E-state index is 0.156. The van der Waals surface area contributed by atoms with Gasteiger partial charge in [0.1, 0.15) is 5.92 Å². The third kappa shape index (κ3) is 4.19. The fourth-order valence-corrected chi connectivity index (χ4v) is 1.65. The smallest absolute Gasteiger partial charge is 0.241 e. The monoisotopic (exact) mass is 246 g/mol. The molecule has 0 saturated heterocycles. The molecule has 1 unspecified atom stereocenters. The molecule has 4 heteroatoms. The number of rotatable bonds is 6. The molecule has 1 amide bonds. The molecule has 0 spiro atoms. The summed E-state index contributed by atoms with van der Waals surface area (Å²) in [6.45, 7) is 1.97. The van der Waals surface area contributed by atoms with Crippen molar-refractivity contribution in [1.82, 2.24) is 0 Å². The third-order valence-corrected chi connectivity index (χ3v) is 2.70. The standard InChI is InChI=1S/C14H18N2O2/c1-2-12(10-15)14(18)16-13-7-3-5-11(9-13)6-4-8-17/h3,5,7,9,12,17H,2,4,6,8H2,1H3,(H,16,18). The second-order valence-corrected chi connectivity index (χ2v) is 4.11. The Bertz CT molecular complexity index is 438. The van der Waals surface area contributed by atoms with Crippen molar-refractivity contribution >= 4 is 11.6 Å². The van der Waals surface area contributed by atoms with Crippen LogP contribution in [0.5, 0.6) is 0 Å². The molecular formula is C14H18N2O2. The van der Waals surface area contributed by atoms with Gasteiger partial charge in [-0.25, -0.2) is 0 Å². The molecule has 1 aromatic carbocycles. The normalized spacial score (nSPS) is 11.6. The number of hydrogen-bond acceptors (Lipinski definition) is 3. The number of hydrogen-bond donors (Lipinski definition) is 2. The Kier molecular flexibility index (Phi) is 5.89. The van der Waals surface area contributed by atoms with E-state index in [0.29, 0.717) is 18.5 Å². The van der Waals surface area contributed by atoms with E-state index in [4.69, 9.17) is 10.4 Å². The fraction of sp³-hybridized carbons (Fsp3) is 0.429. The van der Waals surface area contributed by atoms with Crippen LogP contribution in [0.25, 0.3) is 0 Å². The van der Waals surface area contributed by atoms with Crippen molar-refractivity contribution < 1.29 is 9.90 Å². The summed E-state index contributed by atoms with van der Waals surface area (Å²) < 4.78 is 0. The second kappa shape index (κ2) is 7.46. The highest BCUT2D eigenvalue weighted by Gasteiger charge is 2.15. The van der Waals surface area contributed by atoms with Crippen LogP contribution in [0.4, 0.5) is 5.69 Å².